The third kappa shape index (κ3) is 9.41. The summed E-state index contributed by atoms with van der Waals surface area (Å²) in [5.41, 5.74) is 6.17. The summed E-state index contributed by atoms with van der Waals surface area (Å²) in [4.78, 5) is 12.8. The van der Waals surface area contributed by atoms with Crippen molar-refractivity contribution in [3.63, 3.8) is 0 Å². The average molecular weight is 516 g/mol. The number of halogens is 3. The highest BCUT2D eigenvalue weighted by atomic mass is 35.5. The van der Waals surface area contributed by atoms with E-state index in [1.807, 2.05) is 6.92 Å². The summed E-state index contributed by atoms with van der Waals surface area (Å²) in [6.07, 6.45) is -1.51. The molecule has 2 aromatic carbocycles. The molecular weight excluding hydrogens is 484 g/mol. The summed E-state index contributed by atoms with van der Waals surface area (Å²) >= 11 is 0. The lowest BCUT2D eigenvalue weighted by molar-refractivity contribution is -0.133. The van der Waals surface area contributed by atoms with Crippen molar-refractivity contribution in [3.8, 4) is 5.75 Å². The number of hydrogen-bond donors (Lipinski definition) is 3. The first kappa shape index (κ1) is 30.2. The van der Waals surface area contributed by atoms with Gasteiger partial charge in [0.2, 0.25) is 0 Å². The van der Waals surface area contributed by atoms with E-state index >= 15 is 4.39 Å². The van der Waals surface area contributed by atoms with Crippen LogP contribution >= 0.6 is 12.4 Å². The molecule has 35 heavy (non-hydrogen) atoms. The number of hydrogen-bond acceptors (Lipinski definition) is 6. The summed E-state index contributed by atoms with van der Waals surface area (Å²) in [7, 11) is 0. The van der Waals surface area contributed by atoms with Crippen molar-refractivity contribution in [2.45, 2.75) is 26.5 Å². The maximum Gasteiger partial charge on any atom is 0.254 e. The normalized spacial score (nSPS) is 11.4. The third-order valence-electron chi connectivity index (χ3n) is 4.72. The van der Waals surface area contributed by atoms with Crippen LogP contribution < -0.4 is 15.8 Å². The van der Waals surface area contributed by atoms with Gasteiger partial charge in [0.1, 0.15) is 18.3 Å². The zero-order chi connectivity index (χ0) is 24.9. The molecule has 0 heterocycles. The van der Waals surface area contributed by atoms with Crippen LogP contribution in [0.25, 0.3) is 0 Å². The van der Waals surface area contributed by atoms with Crippen molar-refractivity contribution in [1.82, 2.24) is 5.32 Å². The summed E-state index contributed by atoms with van der Waals surface area (Å²) in [5, 5.41) is 10.0. The Labute approximate surface area is 210 Å². The first-order valence-electron chi connectivity index (χ1n) is 11.0. The van der Waals surface area contributed by atoms with E-state index in [2.05, 4.69) is 5.32 Å². The summed E-state index contributed by atoms with van der Waals surface area (Å²) in [5.74, 6) is -2.91. The fourth-order valence-electron chi connectivity index (χ4n) is 3.02. The molecule has 4 N–H and O–H groups in total. The molecule has 194 valence electrons. The number of carbonyl (C=O) groups is 1. The number of benzene rings is 2. The lowest BCUT2D eigenvalue weighted by Gasteiger charge is -2.20. The molecule has 1 atom stereocenters. The van der Waals surface area contributed by atoms with Crippen LogP contribution in [0.5, 0.6) is 5.75 Å². The second kappa shape index (κ2) is 16.0. The van der Waals surface area contributed by atoms with Crippen molar-refractivity contribution >= 4 is 24.1 Å². The highest BCUT2D eigenvalue weighted by Gasteiger charge is 2.29. The van der Waals surface area contributed by atoms with Crippen molar-refractivity contribution in [2.24, 2.45) is 5.73 Å². The van der Waals surface area contributed by atoms with Crippen LogP contribution in [0.1, 0.15) is 36.6 Å². The molecule has 1 unspecified atom stereocenters. The van der Waals surface area contributed by atoms with Gasteiger partial charge in [0.25, 0.3) is 5.91 Å². The average Bonchev–Trinajstić information content (AvgIpc) is 2.83. The van der Waals surface area contributed by atoms with E-state index in [9.17, 15) is 9.18 Å². The summed E-state index contributed by atoms with van der Waals surface area (Å²) in [6.45, 7) is 5.28. The second-order valence-corrected chi connectivity index (χ2v) is 7.09. The maximum absolute atomic E-state index is 15.1. The van der Waals surface area contributed by atoms with E-state index in [1.165, 1.54) is 0 Å². The van der Waals surface area contributed by atoms with Gasteiger partial charge >= 0.3 is 0 Å². The quantitative estimate of drug-likeness (QED) is 0.190. The van der Waals surface area contributed by atoms with E-state index in [0.29, 0.717) is 25.4 Å². The fourth-order valence-corrected chi connectivity index (χ4v) is 3.02. The van der Waals surface area contributed by atoms with Crippen LogP contribution in [-0.2, 0) is 25.5 Å². The van der Waals surface area contributed by atoms with Crippen LogP contribution in [0.15, 0.2) is 36.4 Å². The zero-order valence-electron chi connectivity index (χ0n) is 19.8. The monoisotopic (exact) mass is 515 g/mol. The van der Waals surface area contributed by atoms with Crippen LogP contribution in [0.2, 0.25) is 0 Å². The fraction of sp³-hybridized carbons (Fsp3) is 0.417. The standard InChI is InChI=1S/C24H31F2N3O5.ClH/c1-3-31-11-12-32-13-14-34-19-10-9-18(25)20(21(19)26)22(33-4-2)24(30)29-15-16-5-7-17(8-6-16)23(27)28;/h5-10,22H,3-4,11-15H2,1-2H3,(H3,27,28)(H,29,30);1H. The van der Waals surface area contributed by atoms with Crippen molar-refractivity contribution in [2.75, 3.05) is 39.6 Å². The predicted molar refractivity (Wildman–Crippen MR) is 130 cm³/mol. The van der Waals surface area contributed by atoms with Gasteiger partial charge < -0.3 is 30.0 Å². The minimum atomic E-state index is -1.51. The molecule has 0 bridgehead atoms. The number of amides is 1. The Morgan fingerprint density at radius 1 is 1.00 bits per heavy atom. The molecular formula is C24H32ClF2N3O5. The Hall–Kier alpha value is -2.79. The number of amidine groups is 1. The number of carbonyl (C=O) groups excluding carboxylic acids is 1. The number of ether oxygens (including phenoxy) is 4. The van der Waals surface area contributed by atoms with Gasteiger partial charge in [-0.2, -0.15) is 0 Å². The number of nitrogen functional groups attached to an aromatic ring is 1. The number of rotatable bonds is 15. The SMILES string of the molecule is CCOCCOCCOc1ccc(F)c(C(OCC)C(=O)NCc2ccc(C(=N)N)cc2)c1F.Cl. The molecule has 8 nitrogen and oxygen atoms in total. The lowest BCUT2D eigenvalue weighted by atomic mass is 10.1. The largest absolute Gasteiger partial charge is 0.488 e. The molecule has 0 aliphatic carbocycles. The van der Waals surface area contributed by atoms with Gasteiger partial charge in [0.15, 0.2) is 17.7 Å². The summed E-state index contributed by atoms with van der Waals surface area (Å²) in [6, 6.07) is 8.86. The maximum atomic E-state index is 15.1. The van der Waals surface area contributed by atoms with E-state index in [1.54, 1.807) is 31.2 Å². The molecule has 2 aromatic rings. The Morgan fingerprint density at radius 3 is 2.29 bits per heavy atom. The topological polar surface area (TPSA) is 116 Å². The van der Waals surface area contributed by atoms with E-state index in [0.717, 1.165) is 17.7 Å². The lowest BCUT2D eigenvalue weighted by Crippen LogP contribution is -2.32. The molecule has 0 spiro atoms. The molecule has 11 heteroatoms. The summed E-state index contributed by atoms with van der Waals surface area (Å²) < 4.78 is 50.9. The van der Waals surface area contributed by atoms with E-state index in [-0.39, 0.29) is 50.4 Å². The van der Waals surface area contributed by atoms with Gasteiger partial charge in [0, 0.05) is 25.3 Å². The Kier molecular flexibility index (Phi) is 13.8. The third-order valence-corrected chi connectivity index (χ3v) is 4.72. The van der Waals surface area contributed by atoms with Crippen LogP contribution in [-0.4, -0.2) is 51.4 Å². The molecule has 0 aromatic heterocycles. The molecule has 0 saturated carbocycles. The molecule has 0 aliphatic rings. The van der Waals surface area contributed by atoms with E-state index < -0.39 is 29.2 Å². The van der Waals surface area contributed by atoms with Crippen LogP contribution in [0.4, 0.5) is 8.78 Å². The van der Waals surface area contributed by atoms with Crippen molar-refractivity contribution in [1.29, 1.82) is 5.41 Å². The highest BCUT2D eigenvalue weighted by molar-refractivity contribution is 5.94. The highest BCUT2D eigenvalue weighted by Crippen LogP contribution is 2.30. The Morgan fingerprint density at radius 2 is 1.66 bits per heavy atom. The van der Waals surface area contributed by atoms with Crippen molar-refractivity contribution in [3.05, 3.63) is 64.7 Å². The molecule has 0 saturated heterocycles. The van der Waals surface area contributed by atoms with Gasteiger partial charge in [-0.05, 0) is 31.5 Å². The van der Waals surface area contributed by atoms with Gasteiger partial charge in [-0.25, -0.2) is 8.78 Å². The predicted octanol–water partition coefficient (Wildman–Crippen LogP) is 3.50. The van der Waals surface area contributed by atoms with Gasteiger partial charge in [-0.1, -0.05) is 24.3 Å². The van der Waals surface area contributed by atoms with Crippen molar-refractivity contribution < 1.29 is 32.5 Å². The number of nitrogens with two attached hydrogens (primary N) is 1. The molecule has 1 amide bonds. The second-order valence-electron chi connectivity index (χ2n) is 7.09. The minimum absolute atomic E-state index is 0. The Balaban J connectivity index is 0.00000612. The van der Waals surface area contributed by atoms with Crippen LogP contribution in [0.3, 0.4) is 0 Å². The molecule has 0 fully saturated rings. The first-order valence-corrected chi connectivity index (χ1v) is 11.0. The minimum Gasteiger partial charge on any atom is -0.488 e. The molecule has 0 radical (unpaired) electrons. The van der Waals surface area contributed by atoms with Crippen LogP contribution in [0, 0.1) is 17.0 Å². The zero-order valence-corrected chi connectivity index (χ0v) is 20.6. The van der Waals surface area contributed by atoms with Gasteiger partial charge in [0.05, 0.1) is 25.4 Å². The Bertz CT molecular complexity index is 948. The molecule has 2 rings (SSSR count). The smallest absolute Gasteiger partial charge is 0.254 e. The van der Waals surface area contributed by atoms with E-state index in [4.69, 9.17) is 30.1 Å². The number of nitrogens with one attached hydrogen (secondary N) is 2. The van der Waals surface area contributed by atoms with Gasteiger partial charge in [-0.3, -0.25) is 10.2 Å². The van der Waals surface area contributed by atoms with Gasteiger partial charge in [-0.15, -0.1) is 12.4 Å². The first-order chi connectivity index (χ1) is 16.4. The molecule has 0 aliphatic heterocycles.